The minimum atomic E-state index is -0.453. The van der Waals surface area contributed by atoms with Crippen molar-refractivity contribution < 1.29 is 9.90 Å². The smallest absolute Gasteiger partial charge is 0.277 e. The van der Waals surface area contributed by atoms with Crippen molar-refractivity contribution in [2.75, 3.05) is 19.7 Å². The number of carbonyl (C=O) groups excluding carboxylic acids is 1. The van der Waals surface area contributed by atoms with Gasteiger partial charge in [-0.25, -0.2) is 5.10 Å². The molecule has 1 amide bonds. The van der Waals surface area contributed by atoms with Gasteiger partial charge in [0, 0.05) is 25.6 Å². The predicted octanol–water partition coefficient (Wildman–Crippen LogP) is -0.549. The Morgan fingerprint density at radius 1 is 1.53 bits per heavy atom. The average Bonchev–Trinajstić information content (AvgIpc) is 2.23. The van der Waals surface area contributed by atoms with Crippen LogP contribution in [0.2, 0.25) is 0 Å². The maximum Gasteiger partial charge on any atom is 0.277 e. The fourth-order valence-corrected chi connectivity index (χ4v) is 1.89. The Bertz CT molecular complexity index is 503. The Morgan fingerprint density at radius 3 is 2.76 bits per heavy atom. The second-order valence-electron chi connectivity index (χ2n) is 4.40. The summed E-state index contributed by atoms with van der Waals surface area (Å²) in [5, 5.41) is 15.0. The number of nitrogens with zero attached hydrogens (tertiary/aromatic N) is 2. The van der Waals surface area contributed by atoms with Crippen LogP contribution >= 0.6 is 0 Å². The van der Waals surface area contributed by atoms with Crippen molar-refractivity contribution in [3.8, 4) is 0 Å². The van der Waals surface area contributed by atoms with Crippen LogP contribution in [-0.4, -0.2) is 45.8 Å². The molecule has 6 heteroatoms. The summed E-state index contributed by atoms with van der Waals surface area (Å²) in [4.78, 5) is 25.3. The van der Waals surface area contributed by atoms with Crippen LogP contribution in [0.1, 0.15) is 21.6 Å². The van der Waals surface area contributed by atoms with Crippen molar-refractivity contribution >= 4 is 5.91 Å². The number of carbonyl (C=O) groups is 1. The normalized spacial score (nSPS) is 15.8. The van der Waals surface area contributed by atoms with Crippen molar-refractivity contribution in [2.24, 2.45) is 5.92 Å². The van der Waals surface area contributed by atoms with Gasteiger partial charge in [0.1, 0.15) is 5.56 Å². The van der Waals surface area contributed by atoms with E-state index in [1.54, 1.807) is 18.7 Å². The minimum absolute atomic E-state index is 0.0779. The number of aromatic nitrogens is 2. The van der Waals surface area contributed by atoms with Crippen LogP contribution in [0.25, 0.3) is 0 Å². The van der Waals surface area contributed by atoms with Crippen molar-refractivity contribution in [2.45, 2.75) is 13.8 Å². The summed E-state index contributed by atoms with van der Waals surface area (Å²) in [5.41, 5.74) is 0.970. The Labute approximate surface area is 98.3 Å². The lowest BCUT2D eigenvalue weighted by atomic mass is 9.99. The van der Waals surface area contributed by atoms with Gasteiger partial charge < -0.3 is 10.0 Å². The number of aliphatic hydroxyl groups is 1. The fraction of sp³-hybridized carbons (Fsp3) is 0.545. The molecule has 1 aromatic rings. The summed E-state index contributed by atoms with van der Waals surface area (Å²) in [6.45, 7) is 4.56. The number of likely N-dealkylation sites (tertiary alicyclic amines) is 1. The van der Waals surface area contributed by atoms with Gasteiger partial charge in [0.25, 0.3) is 11.5 Å². The van der Waals surface area contributed by atoms with Gasteiger partial charge in [0.15, 0.2) is 0 Å². The maximum absolute atomic E-state index is 12.1. The Kier molecular flexibility index (Phi) is 2.97. The first-order chi connectivity index (χ1) is 8.04. The molecule has 0 bridgehead atoms. The number of hydrogen-bond acceptors (Lipinski definition) is 4. The minimum Gasteiger partial charge on any atom is -0.396 e. The lowest BCUT2D eigenvalue weighted by Crippen LogP contribution is -2.52. The van der Waals surface area contributed by atoms with E-state index in [1.807, 2.05) is 0 Å². The molecule has 6 nitrogen and oxygen atoms in total. The number of aliphatic hydroxyl groups excluding tert-OH is 1. The van der Waals surface area contributed by atoms with E-state index >= 15 is 0 Å². The third-order valence-electron chi connectivity index (χ3n) is 3.19. The highest BCUT2D eigenvalue weighted by molar-refractivity contribution is 5.95. The molecule has 1 saturated heterocycles. The Morgan fingerprint density at radius 2 is 2.18 bits per heavy atom. The van der Waals surface area contributed by atoms with Crippen LogP contribution in [0.3, 0.4) is 0 Å². The fourth-order valence-electron chi connectivity index (χ4n) is 1.89. The molecule has 0 aromatic carbocycles. The summed E-state index contributed by atoms with van der Waals surface area (Å²) >= 11 is 0. The zero-order valence-corrected chi connectivity index (χ0v) is 9.86. The van der Waals surface area contributed by atoms with Crippen molar-refractivity contribution in [3.63, 3.8) is 0 Å². The van der Waals surface area contributed by atoms with Crippen LogP contribution in [0.5, 0.6) is 0 Å². The number of H-pyrrole nitrogens is 1. The van der Waals surface area contributed by atoms with E-state index in [0.717, 1.165) is 0 Å². The highest BCUT2D eigenvalue weighted by Crippen LogP contribution is 2.18. The van der Waals surface area contributed by atoms with Crippen LogP contribution in [0.4, 0.5) is 0 Å². The Hall–Kier alpha value is -1.69. The monoisotopic (exact) mass is 237 g/mol. The molecule has 1 aliphatic rings. The maximum atomic E-state index is 12.1. The molecule has 92 valence electrons. The van der Waals surface area contributed by atoms with Gasteiger partial charge >= 0.3 is 0 Å². The van der Waals surface area contributed by atoms with E-state index in [4.69, 9.17) is 5.11 Å². The molecule has 0 radical (unpaired) electrons. The van der Waals surface area contributed by atoms with Gasteiger partial charge in [-0.15, -0.1) is 0 Å². The molecule has 2 heterocycles. The van der Waals surface area contributed by atoms with Crippen LogP contribution in [0.15, 0.2) is 4.79 Å². The summed E-state index contributed by atoms with van der Waals surface area (Å²) in [5.74, 6) is -0.139. The van der Waals surface area contributed by atoms with E-state index in [0.29, 0.717) is 24.3 Å². The summed E-state index contributed by atoms with van der Waals surface area (Å²) in [6, 6.07) is 0. The third-order valence-corrected chi connectivity index (χ3v) is 3.19. The topological polar surface area (TPSA) is 86.3 Å². The highest BCUT2D eigenvalue weighted by atomic mass is 16.3. The van der Waals surface area contributed by atoms with Gasteiger partial charge in [-0.2, -0.15) is 5.10 Å². The lowest BCUT2D eigenvalue weighted by Gasteiger charge is -2.38. The molecule has 17 heavy (non-hydrogen) atoms. The highest BCUT2D eigenvalue weighted by Gasteiger charge is 2.32. The first kappa shape index (κ1) is 11.8. The standard InChI is InChI=1S/C11H15N3O3/c1-6-7(2)12-13-10(16)9(6)11(17)14-3-8(4-14)5-15/h8,15H,3-5H2,1-2H3,(H,13,16). The molecule has 1 aliphatic heterocycles. The van der Waals surface area contributed by atoms with Crippen LogP contribution in [0, 0.1) is 19.8 Å². The molecule has 0 saturated carbocycles. The molecular weight excluding hydrogens is 222 g/mol. The van der Waals surface area contributed by atoms with Crippen LogP contribution < -0.4 is 5.56 Å². The number of amides is 1. The van der Waals surface area contributed by atoms with Crippen molar-refractivity contribution in [3.05, 3.63) is 27.2 Å². The second kappa shape index (κ2) is 4.29. The number of nitrogens with one attached hydrogen (secondary N) is 1. The van der Waals surface area contributed by atoms with Crippen molar-refractivity contribution in [1.82, 2.24) is 15.1 Å². The SMILES string of the molecule is Cc1n[nH]c(=O)c(C(=O)N2CC(CO)C2)c1C. The van der Waals surface area contributed by atoms with Gasteiger partial charge in [-0.1, -0.05) is 0 Å². The largest absolute Gasteiger partial charge is 0.396 e. The van der Waals surface area contributed by atoms with Crippen LogP contribution in [-0.2, 0) is 0 Å². The van der Waals surface area contributed by atoms with E-state index < -0.39 is 5.56 Å². The quantitative estimate of drug-likeness (QED) is 0.722. The van der Waals surface area contributed by atoms with E-state index in [2.05, 4.69) is 10.2 Å². The predicted molar refractivity (Wildman–Crippen MR) is 60.8 cm³/mol. The molecule has 2 rings (SSSR count). The number of aryl methyl sites for hydroxylation is 1. The van der Waals surface area contributed by atoms with E-state index in [-0.39, 0.29) is 24.0 Å². The molecular formula is C11H15N3O3. The zero-order valence-electron chi connectivity index (χ0n) is 9.86. The average molecular weight is 237 g/mol. The number of rotatable bonds is 2. The second-order valence-corrected chi connectivity index (χ2v) is 4.40. The number of aromatic amines is 1. The zero-order chi connectivity index (χ0) is 12.6. The number of hydrogen-bond donors (Lipinski definition) is 2. The Balaban J connectivity index is 2.27. The summed E-state index contributed by atoms with van der Waals surface area (Å²) in [7, 11) is 0. The molecule has 0 atom stereocenters. The first-order valence-corrected chi connectivity index (χ1v) is 5.50. The van der Waals surface area contributed by atoms with E-state index in [1.165, 1.54) is 0 Å². The van der Waals surface area contributed by atoms with Gasteiger partial charge in [0.2, 0.25) is 0 Å². The molecule has 0 unspecified atom stereocenters. The molecule has 1 aromatic heterocycles. The van der Waals surface area contributed by atoms with Crippen molar-refractivity contribution in [1.29, 1.82) is 0 Å². The lowest BCUT2D eigenvalue weighted by molar-refractivity contribution is 0.0359. The van der Waals surface area contributed by atoms with Gasteiger partial charge in [-0.05, 0) is 19.4 Å². The third kappa shape index (κ3) is 1.95. The summed E-state index contributed by atoms with van der Waals surface area (Å²) in [6.07, 6.45) is 0. The van der Waals surface area contributed by atoms with Gasteiger partial charge in [0.05, 0.1) is 5.69 Å². The summed E-state index contributed by atoms with van der Waals surface area (Å²) < 4.78 is 0. The first-order valence-electron chi connectivity index (χ1n) is 5.50. The van der Waals surface area contributed by atoms with E-state index in [9.17, 15) is 9.59 Å². The molecule has 1 fully saturated rings. The molecule has 0 aliphatic carbocycles. The molecule has 0 spiro atoms. The molecule has 2 N–H and O–H groups in total. The van der Waals surface area contributed by atoms with Gasteiger partial charge in [-0.3, -0.25) is 9.59 Å².